The summed E-state index contributed by atoms with van der Waals surface area (Å²) in [6.45, 7) is 1.95. The first kappa shape index (κ1) is 18.4. The van der Waals surface area contributed by atoms with Crippen LogP contribution in [0.4, 0.5) is 30.4 Å². The van der Waals surface area contributed by atoms with E-state index >= 15 is 0 Å². The molecule has 2 N–H and O–H groups in total. The Kier molecular flexibility index (Phi) is 5.12. The molecule has 0 aliphatic heterocycles. The number of aryl methyl sites for hydroxylation is 1. The van der Waals surface area contributed by atoms with Crippen molar-refractivity contribution in [3.8, 4) is 0 Å². The van der Waals surface area contributed by atoms with Crippen LogP contribution in [0.25, 0.3) is 0 Å². The number of carbonyl (C=O) groups excluding carboxylic acids is 1. The molecule has 0 saturated heterocycles. The summed E-state index contributed by atoms with van der Waals surface area (Å²) in [7, 11) is 0. The molecule has 7 heteroatoms. The Hall–Kier alpha value is -3.35. The lowest BCUT2D eigenvalue weighted by Gasteiger charge is -2.10. The number of nitrogens with zero attached hydrogens (tertiary/aromatic N) is 1. The Bertz CT molecular complexity index is 936. The highest BCUT2D eigenvalue weighted by Gasteiger charge is 2.30. The molecule has 3 aromatic rings. The van der Waals surface area contributed by atoms with Gasteiger partial charge >= 0.3 is 6.18 Å². The Morgan fingerprint density at radius 1 is 0.963 bits per heavy atom. The predicted molar refractivity (Wildman–Crippen MR) is 98.1 cm³/mol. The minimum atomic E-state index is -4.41. The van der Waals surface area contributed by atoms with E-state index in [1.807, 2.05) is 19.1 Å². The number of halogens is 3. The summed E-state index contributed by atoms with van der Waals surface area (Å²) in [5.74, 6) is 0.0122. The van der Waals surface area contributed by atoms with E-state index in [0.29, 0.717) is 17.1 Å². The van der Waals surface area contributed by atoms with Crippen molar-refractivity contribution in [1.82, 2.24) is 4.98 Å². The molecule has 0 radical (unpaired) electrons. The summed E-state index contributed by atoms with van der Waals surface area (Å²) < 4.78 is 38.3. The molecule has 0 spiro atoms. The first-order chi connectivity index (χ1) is 12.8. The van der Waals surface area contributed by atoms with Crippen LogP contribution in [0.1, 0.15) is 21.5 Å². The number of aromatic nitrogens is 1. The van der Waals surface area contributed by atoms with Crippen LogP contribution < -0.4 is 10.6 Å². The highest BCUT2D eigenvalue weighted by molar-refractivity contribution is 6.04. The average Bonchev–Trinajstić information content (AvgIpc) is 2.64. The summed E-state index contributed by atoms with van der Waals surface area (Å²) in [6.07, 6.45) is -3.05. The number of nitrogens with one attached hydrogen (secondary N) is 2. The van der Waals surface area contributed by atoms with Crippen LogP contribution in [-0.2, 0) is 6.18 Å². The first-order valence-corrected chi connectivity index (χ1v) is 8.09. The lowest BCUT2D eigenvalue weighted by molar-refractivity contribution is -0.137. The number of carbonyl (C=O) groups is 1. The lowest BCUT2D eigenvalue weighted by Crippen LogP contribution is -2.12. The molecule has 0 aliphatic rings. The zero-order valence-electron chi connectivity index (χ0n) is 14.3. The van der Waals surface area contributed by atoms with Gasteiger partial charge in [0.1, 0.15) is 5.82 Å². The van der Waals surface area contributed by atoms with Crippen LogP contribution >= 0.6 is 0 Å². The van der Waals surface area contributed by atoms with Crippen LogP contribution in [0.2, 0.25) is 0 Å². The van der Waals surface area contributed by atoms with Gasteiger partial charge < -0.3 is 10.6 Å². The van der Waals surface area contributed by atoms with E-state index in [4.69, 9.17) is 0 Å². The fraction of sp³-hybridized carbons (Fsp3) is 0.100. The summed E-state index contributed by atoms with van der Waals surface area (Å²) in [5.41, 5.74) is 1.59. The number of hydrogen-bond donors (Lipinski definition) is 2. The highest BCUT2D eigenvalue weighted by atomic mass is 19.4. The number of anilines is 3. The number of pyridine rings is 1. The zero-order valence-corrected chi connectivity index (χ0v) is 14.3. The van der Waals surface area contributed by atoms with Gasteiger partial charge in [0, 0.05) is 17.6 Å². The normalized spacial score (nSPS) is 11.1. The van der Waals surface area contributed by atoms with Gasteiger partial charge in [-0.1, -0.05) is 23.8 Å². The van der Waals surface area contributed by atoms with Gasteiger partial charge in [-0.2, -0.15) is 13.2 Å². The van der Waals surface area contributed by atoms with Crippen LogP contribution in [-0.4, -0.2) is 10.9 Å². The van der Waals surface area contributed by atoms with Crippen molar-refractivity contribution in [3.63, 3.8) is 0 Å². The van der Waals surface area contributed by atoms with E-state index in [0.717, 1.165) is 17.7 Å². The number of alkyl halides is 3. The topological polar surface area (TPSA) is 54.0 Å². The van der Waals surface area contributed by atoms with Gasteiger partial charge in [0.15, 0.2) is 0 Å². The van der Waals surface area contributed by atoms with E-state index in [2.05, 4.69) is 15.6 Å². The molecule has 0 aliphatic carbocycles. The molecular formula is C20H16F3N3O. The molecule has 1 amide bonds. The van der Waals surface area contributed by atoms with Crippen molar-refractivity contribution in [3.05, 3.63) is 83.6 Å². The number of rotatable bonds is 4. The molecule has 4 nitrogen and oxygen atoms in total. The summed E-state index contributed by atoms with van der Waals surface area (Å²) in [6, 6.07) is 15.3. The van der Waals surface area contributed by atoms with Crippen LogP contribution in [0.3, 0.4) is 0 Å². The molecule has 0 atom stereocenters. The monoisotopic (exact) mass is 371 g/mol. The Morgan fingerprint density at radius 3 is 2.33 bits per heavy atom. The van der Waals surface area contributed by atoms with Crippen molar-refractivity contribution in [2.45, 2.75) is 13.1 Å². The lowest BCUT2D eigenvalue weighted by atomic mass is 10.2. The summed E-state index contributed by atoms with van der Waals surface area (Å²) in [5, 5.41) is 5.55. The van der Waals surface area contributed by atoms with Gasteiger partial charge in [-0.05, 0) is 49.4 Å². The van der Waals surface area contributed by atoms with E-state index in [1.54, 1.807) is 18.2 Å². The van der Waals surface area contributed by atoms with Gasteiger partial charge in [-0.15, -0.1) is 0 Å². The van der Waals surface area contributed by atoms with Gasteiger partial charge in [0.2, 0.25) is 0 Å². The molecule has 2 aromatic carbocycles. The highest BCUT2D eigenvalue weighted by Crippen LogP contribution is 2.31. The molecule has 1 heterocycles. The molecule has 27 heavy (non-hydrogen) atoms. The minimum Gasteiger partial charge on any atom is -0.340 e. The van der Waals surface area contributed by atoms with Crippen molar-refractivity contribution in [2.24, 2.45) is 0 Å². The Labute approximate surface area is 154 Å². The maximum absolute atomic E-state index is 12.8. The predicted octanol–water partition coefficient (Wildman–Crippen LogP) is 5.40. The number of amides is 1. The van der Waals surface area contributed by atoms with Gasteiger partial charge in [0.25, 0.3) is 5.91 Å². The van der Waals surface area contributed by atoms with Crippen LogP contribution in [0.15, 0.2) is 66.9 Å². The second-order valence-electron chi connectivity index (χ2n) is 5.96. The molecule has 3 rings (SSSR count). The molecule has 138 valence electrons. The zero-order chi connectivity index (χ0) is 19.4. The molecular weight excluding hydrogens is 355 g/mol. The van der Waals surface area contributed by atoms with Gasteiger partial charge in [0.05, 0.1) is 11.1 Å². The second kappa shape index (κ2) is 7.49. The Balaban J connectivity index is 1.68. The largest absolute Gasteiger partial charge is 0.416 e. The van der Waals surface area contributed by atoms with Crippen LogP contribution in [0, 0.1) is 6.92 Å². The number of hydrogen-bond acceptors (Lipinski definition) is 3. The first-order valence-electron chi connectivity index (χ1n) is 8.09. The summed E-state index contributed by atoms with van der Waals surface area (Å²) in [4.78, 5) is 16.3. The van der Waals surface area contributed by atoms with E-state index in [-0.39, 0.29) is 11.6 Å². The fourth-order valence-electron chi connectivity index (χ4n) is 2.36. The third-order valence-electron chi connectivity index (χ3n) is 3.80. The van der Waals surface area contributed by atoms with E-state index < -0.39 is 11.7 Å². The van der Waals surface area contributed by atoms with Gasteiger partial charge in [-0.25, -0.2) is 4.98 Å². The smallest absolute Gasteiger partial charge is 0.340 e. The van der Waals surface area contributed by atoms with Crippen molar-refractivity contribution in [2.75, 3.05) is 10.6 Å². The average molecular weight is 371 g/mol. The van der Waals surface area contributed by atoms with Gasteiger partial charge in [-0.3, -0.25) is 4.79 Å². The van der Waals surface area contributed by atoms with Crippen molar-refractivity contribution < 1.29 is 18.0 Å². The van der Waals surface area contributed by atoms with E-state index in [9.17, 15) is 18.0 Å². The van der Waals surface area contributed by atoms with Crippen molar-refractivity contribution >= 4 is 23.1 Å². The third-order valence-corrected chi connectivity index (χ3v) is 3.80. The molecule has 1 aromatic heterocycles. The molecule has 0 fully saturated rings. The quantitative estimate of drug-likeness (QED) is 0.645. The maximum Gasteiger partial charge on any atom is 0.416 e. The maximum atomic E-state index is 12.8. The van der Waals surface area contributed by atoms with Crippen molar-refractivity contribution in [1.29, 1.82) is 0 Å². The fourth-order valence-corrected chi connectivity index (χ4v) is 2.36. The van der Waals surface area contributed by atoms with E-state index in [1.165, 1.54) is 24.4 Å². The number of benzene rings is 2. The molecule has 0 bridgehead atoms. The second-order valence-corrected chi connectivity index (χ2v) is 5.96. The SMILES string of the molecule is Cc1ccc(NC(=O)c2ccc(Nc3cccc(C(F)(F)F)c3)nc2)cc1. The molecule has 0 unspecified atom stereocenters. The minimum absolute atomic E-state index is 0.259. The standard InChI is InChI=1S/C20H16F3N3O/c1-13-5-8-16(9-6-13)26-19(27)14-7-10-18(24-12-14)25-17-4-2-3-15(11-17)20(21,22)23/h2-12H,1H3,(H,24,25)(H,26,27). The Morgan fingerprint density at radius 2 is 1.70 bits per heavy atom. The third kappa shape index (κ3) is 4.84. The summed E-state index contributed by atoms with van der Waals surface area (Å²) >= 11 is 0. The van der Waals surface area contributed by atoms with Crippen LogP contribution in [0.5, 0.6) is 0 Å². The molecule has 0 saturated carbocycles.